The van der Waals surface area contributed by atoms with E-state index in [1.165, 1.54) is 11.8 Å². The van der Waals surface area contributed by atoms with Gasteiger partial charge in [-0.15, -0.1) is 0 Å². The first-order valence-corrected chi connectivity index (χ1v) is 10.4. The van der Waals surface area contributed by atoms with Gasteiger partial charge in [0.2, 0.25) is 0 Å². The average Bonchev–Trinajstić information content (AvgIpc) is 2.75. The van der Waals surface area contributed by atoms with Gasteiger partial charge in [0.25, 0.3) is 0 Å². The van der Waals surface area contributed by atoms with Crippen molar-refractivity contribution in [2.45, 2.75) is 37.3 Å². The molecule has 3 aromatic rings. The van der Waals surface area contributed by atoms with Crippen molar-refractivity contribution in [3.05, 3.63) is 87.7 Å². The normalized spacial score (nSPS) is 13.1. The molecule has 0 aliphatic heterocycles. The van der Waals surface area contributed by atoms with Gasteiger partial charge in [-0.25, -0.2) is 4.79 Å². The van der Waals surface area contributed by atoms with Gasteiger partial charge in [-0.1, -0.05) is 48.2 Å². The molecule has 0 amide bonds. The minimum atomic E-state index is -0.263. The average molecular weight is 391 g/mol. The molecule has 0 unspecified atom stereocenters. The topological polar surface area (TPSA) is 64.8 Å². The molecule has 1 aromatic carbocycles. The summed E-state index contributed by atoms with van der Waals surface area (Å²) in [5, 5.41) is 0.709. The van der Waals surface area contributed by atoms with Gasteiger partial charge in [-0.2, -0.15) is 4.98 Å². The van der Waals surface area contributed by atoms with Gasteiger partial charge in [0.1, 0.15) is 5.03 Å². The van der Waals surface area contributed by atoms with Crippen LogP contribution in [0.2, 0.25) is 0 Å². The van der Waals surface area contributed by atoms with Gasteiger partial charge < -0.3 is 0 Å². The molecule has 4 rings (SSSR count). The molecule has 1 aliphatic rings. The molecule has 0 radical (unpaired) electrons. The molecule has 142 valence electrons. The highest BCUT2D eigenvalue weighted by atomic mass is 32.2. The molecule has 0 bridgehead atoms. The first-order valence-electron chi connectivity index (χ1n) is 9.46. The highest BCUT2D eigenvalue weighted by Crippen LogP contribution is 2.29. The van der Waals surface area contributed by atoms with Crippen molar-refractivity contribution in [2.24, 2.45) is 0 Å². The van der Waals surface area contributed by atoms with Gasteiger partial charge in [-0.3, -0.25) is 14.3 Å². The molecule has 0 atom stereocenters. The number of Topliss-reactive ketones (excluding diaryl/α,β-unsaturated/α-hetero) is 1. The summed E-state index contributed by atoms with van der Waals surface area (Å²) in [7, 11) is 0. The van der Waals surface area contributed by atoms with Crippen molar-refractivity contribution in [1.82, 2.24) is 14.5 Å². The van der Waals surface area contributed by atoms with E-state index in [0.29, 0.717) is 17.1 Å². The third kappa shape index (κ3) is 4.07. The summed E-state index contributed by atoms with van der Waals surface area (Å²) < 4.78 is 1.75. The van der Waals surface area contributed by atoms with Crippen LogP contribution in [-0.2, 0) is 19.4 Å². The lowest BCUT2D eigenvalue weighted by Crippen LogP contribution is -2.31. The van der Waals surface area contributed by atoms with Crippen LogP contribution >= 0.6 is 11.8 Å². The van der Waals surface area contributed by atoms with Crippen molar-refractivity contribution >= 4 is 17.5 Å². The summed E-state index contributed by atoms with van der Waals surface area (Å²) in [4.78, 5) is 33.9. The molecule has 0 spiro atoms. The Morgan fingerprint density at radius 2 is 1.82 bits per heavy atom. The maximum absolute atomic E-state index is 12.8. The number of rotatable bonds is 6. The minimum Gasteiger partial charge on any atom is -0.293 e. The van der Waals surface area contributed by atoms with Crippen LogP contribution in [0.1, 0.15) is 40.2 Å². The standard InChI is InChI=1S/C22H21N3O2S/c26-20(16-8-2-1-3-9-16)15-28-21-18-11-4-5-12-19(18)25(22(27)24-21)14-17-10-6-7-13-23-17/h1-3,6-10,13H,4-5,11-12,14-15H2. The van der Waals surface area contributed by atoms with Gasteiger partial charge in [0, 0.05) is 23.0 Å². The van der Waals surface area contributed by atoms with Crippen LogP contribution in [0.3, 0.4) is 0 Å². The lowest BCUT2D eigenvalue weighted by Gasteiger charge is -2.22. The van der Waals surface area contributed by atoms with Crippen molar-refractivity contribution in [3.63, 3.8) is 0 Å². The number of pyridine rings is 1. The Kier molecular flexibility index (Phi) is 5.67. The SMILES string of the molecule is O=C(CSc1nc(=O)n(Cc2ccccn2)c2c1CCCC2)c1ccccc1. The predicted molar refractivity (Wildman–Crippen MR) is 110 cm³/mol. The first kappa shape index (κ1) is 18.6. The van der Waals surface area contributed by atoms with E-state index >= 15 is 0 Å². The number of ketones is 1. The van der Waals surface area contributed by atoms with Crippen LogP contribution in [-0.4, -0.2) is 26.1 Å². The third-order valence-electron chi connectivity index (χ3n) is 4.93. The van der Waals surface area contributed by atoms with Crippen LogP contribution in [0.5, 0.6) is 0 Å². The molecular weight excluding hydrogens is 370 g/mol. The maximum atomic E-state index is 12.8. The molecule has 0 fully saturated rings. The predicted octanol–water partition coefficient (Wildman–Crippen LogP) is 3.54. The number of aromatic nitrogens is 3. The van der Waals surface area contributed by atoms with Crippen LogP contribution < -0.4 is 5.69 Å². The Hall–Kier alpha value is -2.73. The number of carbonyl (C=O) groups excluding carboxylic acids is 1. The van der Waals surface area contributed by atoms with E-state index in [4.69, 9.17) is 0 Å². The van der Waals surface area contributed by atoms with Crippen molar-refractivity contribution in [2.75, 3.05) is 5.75 Å². The van der Waals surface area contributed by atoms with Gasteiger partial charge in [-0.05, 0) is 37.8 Å². The van der Waals surface area contributed by atoms with E-state index in [9.17, 15) is 9.59 Å². The quantitative estimate of drug-likeness (QED) is 0.365. The molecule has 28 heavy (non-hydrogen) atoms. The molecule has 2 heterocycles. The Bertz CT molecular complexity index is 1030. The second-order valence-electron chi connectivity index (χ2n) is 6.82. The fraction of sp³-hybridized carbons (Fsp3) is 0.273. The number of fused-ring (bicyclic) bond motifs is 1. The molecule has 1 aliphatic carbocycles. The Morgan fingerprint density at radius 1 is 1.04 bits per heavy atom. The highest BCUT2D eigenvalue weighted by molar-refractivity contribution is 8.00. The summed E-state index contributed by atoms with van der Waals surface area (Å²) in [5.41, 5.74) is 3.44. The summed E-state index contributed by atoms with van der Waals surface area (Å²) in [6.07, 6.45) is 5.63. The van der Waals surface area contributed by atoms with Crippen LogP contribution in [0.15, 0.2) is 64.5 Å². The molecule has 2 aromatic heterocycles. The highest BCUT2D eigenvalue weighted by Gasteiger charge is 2.21. The van der Waals surface area contributed by atoms with E-state index in [1.807, 2.05) is 48.5 Å². The van der Waals surface area contributed by atoms with E-state index in [-0.39, 0.29) is 17.2 Å². The van der Waals surface area contributed by atoms with Gasteiger partial charge in [0.05, 0.1) is 18.0 Å². The van der Waals surface area contributed by atoms with Gasteiger partial charge >= 0.3 is 5.69 Å². The first-order chi connectivity index (χ1) is 13.7. The van der Waals surface area contributed by atoms with Crippen molar-refractivity contribution in [1.29, 1.82) is 0 Å². The Balaban J connectivity index is 1.61. The number of benzene rings is 1. The largest absolute Gasteiger partial charge is 0.349 e. The number of hydrogen-bond donors (Lipinski definition) is 0. The molecule has 0 saturated heterocycles. The van der Waals surface area contributed by atoms with E-state index in [2.05, 4.69) is 9.97 Å². The lowest BCUT2D eigenvalue weighted by molar-refractivity contribution is 0.102. The van der Waals surface area contributed by atoms with E-state index < -0.39 is 0 Å². The summed E-state index contributed by atoms with van der Waals surface area (Å²) in [6.45, 7) is 0.433. The molecule has 6 heteroatoms. The fourth-order valence-electron chi connectivity index (χ4n) is 3.53. The maximum Gasteiger partial charge on any atom is 0.349 e. The number of nitrogens with zero attached hydrogens (tertiary/aromatic N) is 3. The van der Waals surface area contributed by atoms with Crippen molar-refractivity contribution < 1.29 is 4.79 Å². The summed E-state index contributed by atoms with van der Waals surface area (Å²) >= 11 is 1.38. The van der Waals surface area contributed by atoms with Crippen molar-refractivity contribution in [3.8, 4) is 0 Å². The monoisotopic (exact) mass is 391 g/mol. The summed E-state index contributed by atoms with van der Waals surface area (Å²) in [6, 6.07) is 14.9. The Labute approximate surface area is 167 Å². The van der Waals surface area contributed by atoms with Crippen LogP contribution in [0, 0.1) is 0 Å². The number of carbonyl (C=O) groups is 1. The number of thioether (sulfide) groups is 1. The second-order valence-corrected chi connectivity index (χ2v) is 7.78. The molecule has 0 N–H and O–H groups in total. The van der Waals surface area contributed by atoms with Gasteiger partial charge in [0.15, 0.2) is 5.78 Å². The molecular formula is C22H21N3O2S. The zero-order valence-electron chi connectivity index (χ0n) is 15.5. The molecule has 0 saturated carbocycles. The van der Waals surface area contributed by atoms with E-state index in [0.717, 1.165) is 42.6 Å². The van der Waals surface area contributed by atoms with Crippen LogP contribution in [0.4, 0.5) is 0 Å². The zero-order valence-corrected chi connectivity index (χ0v) is 16.3. The molecule has 5 nitrogen and oxygen atoms in total. The second kappa shape index (κ2) is 8.52. The zero-order chi connectivity index (χ0) is 19.3. The minimum absolute atomic E-state index is 0.0506. The number of hydrogen-bond acceptors (Lipinski definition) is 5. The van der Waals surface area contributed by atoms with Crippen LogP contribution in [0.25, 0.3) is 0 Å². The Morgan fingerprint density at radius 3 is 2.61 bits per heavy atom. The smallest absolute Gasteiger partial charge is 0.293 e. The van der Waals surface area contributed by atoms with E-state index in [1.54, 1.807) is 10.8 Å². The summed E-state index contributed by atoms with van der Waals surface area (Å²) in [5.74, 6) is 0.335. The lowest BCUT2D eigenvalue weighted by atomic mass is 9.97. The fourth-order valence-corrected chi connectivity index (χ4v) is 4.50. The third-order valence-corrected chi connectivity index (χ3v) is 5.95.